The van der Waals surface area contributed by atoms with Gasteiger partial charge in [0.2, 0.25) is 5.91 Å². The van der Waals surface area contributed by atoms with Crippen molar-refractivity contribution in [2.75, 3.05) is 19.6 Å². The van der Waals surface area contributed by atoms with Crippen LogP contribution in [-0.2, 0) is 20.5 Å². The van der Waals surface area contributed by atoms with E-state index < -0.39 is 17.5 Å². The van der Waals surface area contributed by atoms with Gasteiger partial charge in [-0.05, 0) is 35.3 Å². The first-order valence-electron chi connectivity index (χ1n) is 10.8. The van der Waals surface area contributed by atoms with Crippen molar-refractivity contribution >= 4 is 17.8 Å². The molecule has 1 N–H and O–H groups in total. The van der Waals surface area contributed by atoms with Crippen LogP contribution < -0.4 is 5.32 Å². The van der Waals surface area contributed by atoms with E-state index in [2.05, 4.69) is 26.1 Å². The third kappa shape index (κ3) is 5.21. The normalized spacial score (nSPS) is 19.6. The molecule has 6 nitrogen and oxygen atoms in total. The number of carbonyl (C=O) groups is 3. The highest BCUT2D eigenvalue weighted by Crippen LogP contribution is 2.31. The molecule has 166 valence electrons. The van der Waals surface area contributed by atoms with E-state index in [1.807, 2.05) is 52.0 Å². The van der Waals surface area contributed by atoms with Crippen molar-refractivity contribution in [3.05, 3.63) is 35.4 Å². The molecular weight excluding hydrogens is 378 g/mol. The molecule has 6 heteroatoms. The van der Waals surface area contributed by atoms with E-state index in [-0.39, 0.29) is 17.9 Å². The second kappa shape index (κ2) is 8.78. The lowest BCUT2D eigenvalue weighted by Gasteiger charge is -2.28. The molecule has 1 aliphatic rings. The van der Waals surface area contributed by atoms with Crippen LogP contribution in [-0.4, -0.2) is 47.3 Å². The molecule has 4 amide bonds. The lowest BCUT2D eigenvalue weighted by Crippen LogP contribution is -2.46. The summed E-state index contributed by atoms with van der Waals surface area (Å²) in [5.41, 5.74) is 0.688. The number of nitrogens with one attached hydrogen (secondary N) is 1. The SMILES string of the molecule is CC(C)CN(CC(C)C)C(=O)CN1C(=O)NC(C)(c2ccc(C(C)(C)C)cc2)C1=O. The minimum Gasteiger partial charge on any atom is -0.341 e. The van der Waals surface area contributed by atoms with E-state index in [1.54, 1.807) is 11.8 Å². The van der Waals surface area contributed by atoms with Crippen LogP contribution in [0.15, 0.2) is 24.3 Å². The Morgan fingerprint density at radius 1 is 1.03 bits per heavy atom. The Morgan fingerprint density at radius 2 is 1.53 bits per heavy atom. The third-order valence-electron chi connectivity index (χ3n) is 5.42. The number of rotatable bonds is 7. The van der Waals surface area contributed by atoms with Gasteiger partial charge >= 0.3 is 6.03 Å². The van der Waals surface area contributed by atoms with Gasteiger partial charge in [-0.2, -0.15) is 0 Å². The summed E-state index contributed by atoms with van der Waals surface area (Å²) >= 11 is 0. The molecule has 1 unspecified atom stereocenters. The molecule has 0 spiro atoms. The van der Waals surface area contributed by atoms with Gasteiger partial charge in [-0.25, -0.2) is 4.79 Å². The van der Waals surface area contributed by atoms with E-state index in [0.29, 0.717) is 30.5 Å². The molecule has 1 atom stereocenters. The van der Waals surface area contributed by atoms with Crippen molar-refractivity contribution < 1.29 is 14.4 Å². The first kappa shape index (κ1) is 23.9. The first-order chi connectivity index (χ1) is 13.8. The summed E-state index contributed by atoms with van der Waals surface area (Å²) in [5, 5.41) is 2.80. The van der Waals surface area contributed by atoms with Crippen molar-refractivity contribution in [1.82, 2.24) is 15.1 Å². The predicted octanol–water partition coefficient (Wildman–Crippen LogP) is 3.89. The molecule has 2 rings (SSSR count). The maximum Gasteiger partial charge on any atom is 0.325 e. The molecule has 1 fully saturated rings. The fourth-order valence-corrected chi connectivity index (χ4v) is 3.73. The summed E-state index contributed by atoms with van der Waals surface area (Å²) in [6, 6.07) is 7.22. The zero-order chi connectivity index (χ0) is 22.9. The summed E-state index contributed by atoms with van der Waals surface area (Å²) < 4.78 is 0. The summed E-state index contributed by atoms with van der Waals surface area (Å²) in [6.07, 6.45) is 0. The van der Waals surface area contributed by atoms with Crippen LogP contribution in [0.2, 0.25) is 0 Å². The summed E-state index contributed by atoms with van der Waals surface area (Å²) in [6.45, 7) is 17.2. The monoisotopic (exact) mass is 415 g/mol. The molecule has 1 aromatic rings. The van der Waals surface area contributed by atoms with Crippen LogP contribution in [0.1, 0.15) is 66.5 Å². The molecule has 30 heavy (non-hydrogen) atoms. The Morgan fingerprint density at radius 3 is 1.97 bits per heavy atom. The molecule has 1 aromatic carbocycles. The van der Waals surface area contributed by atoms with E-state index in [1.165, 1.54) is 0 Å². The minimum atomic E-state index is -1.17. The average molecular weight is 416 g/mol. The Hall–Kier alpha value is -2.37. The molecule has 0 radical (unpaired) electrons. The number of imide groups is 1. The Balaban J connectivity index is 2.21. The fourth-order valence-electron chi connectivity index (χ4n) is 3.73. The summed E-state index contributed by atoms with van der Waals surface area (Å²) in [5.74, 6) is 0.0245. The topological polar surface area (TPSA) is 69.7 Å². The Labute approximate surface area is 181 Å². The molecule has 0 aliphatic carbocycles. The standard InChI is InChI=1S/C24H37N3O3/c1-16(2)13-26(14-17(3)4)20(28)15-27-21(29)24(8,25-22(27)30)19-11-9-18(10-12-19)23(5,6)7/h9-12,16-17H,13-15H2,1-8H3,(H,25,30). The van der Waals surface area contributed by atoms with Crippen molar-refractivity contribution in [2.45, 2.75) is 66.3 Å². The number of hydrogen-bond acceptors (Lipinski definition) is 3. The van der Waals surface area contributed by atoms with Gasteiger partial charge in [-0.15, -0.1) is 0 Å². The Kier molecular flexibility index (Phi) is 7.00. The maximum absolute atomic E-state index is 13.2. The van der Waals surface area contributed by atoms with Crippen LogP contribution in [0.5, 0.6) is 0 Å². The van der Waals surface area contributed by atoms with E-state index in [9.17, 15) is 14.4 Å². The van der Waals surface area contributed by atoms with Gasteiger partial charge in [0.05, 0.1) is 0 Å². The molecule has 1 aliphatic heterocycles. The number of amides is 4. The first-order valence-corrected chi connectivity index (χ1v) is 10.8. The number of nitrogens with zero attached hydrogens (tertiary/aromatic N) is 2. The predicted molar refractivity (Wildman–Crippen MR) is 119 cm³/mol. The second-order valence-electron chi connectivity index (χ2n) is 10.4. The quantitative estimate of drug-likeness (QED) is 0.687. The molecule has 1 saturated heterocycles. The third-order valence-corrected chi connectivity index (χ3v) is 5.42. The second-order valence-corrected chi connectivity index (χ2v) is 10.4. The van der Waals surface area contributed by atoms with Gasteiger partial charge in [0.15, 0.2) is 0 Å². The number of hydrogen-bond donors (Lipinski definition) is 1. The lowest BCUT2D eigenvalue weighted by atomic mass is 9.84. The largest absolute Gasteiger partial charge is 0.341 e. The van der Waals surface area contributed by atoms with Crippen LogP contribution in [0.3, 0.4) is 0 Å². The smallest absolute Gasteiger partial charge is 0.325 e. The average Bonchev–Trinajstić information content (AvgIpc) is 2.84. The van der Waals surface area contributed by atoms with E-state index in [4.69, 9.17) is 0 Å². The molecule has 0 aromatic heterocycles. The van der Waals surface area contributed by atoms with Gasteiger partial charge in [0.1, 0.15) is 12.1 Å². The van der Waals surface area contributed by atoms with Gasteiger partial charge in [-0.3, -0.25) is 14.5 Å². The molecule has 1 heterocycles. The number of urea groups is 1. The van der Waals surface area contributed by atoms with Gasteiger partial charge in [0, 0.05) is 13.1 Å². The van der Waals surface area contributed by atoms with Crippen LogP contribution in [0.25, 0.3) is 0 Å². The number of carbonyl (C=O) groups excluding carboxylic acids is 3. The number of benzene rings is 1. The van der Waals surface area contributed by atoms with E-state index >= 15 is 0 Å². The minimum absolute atomic E-state index is 0.00287. The van der Waals surface area contributed by atoms with E-state index in [0.717, 1.165) is 10.5 Å². The van der Waals surface area contributed by atoms with Crippen molar-refractivity contribution in [2.24, 2.45) is 11.8 Å². The fraction of sp³-hybridized carbons (Fsp3) is 0.625. The van der Waals surface area contributed by atoms with Crippen molar-refractivity contribution in [1.29, 1.82) is 0 Å². The zero-order valence-corrected chi connectivity index (χ0v) is 19.7. The van der Waals surface area contributed by atoms with Crippen molar-refractivity contribution in [3.63, 3.8) is 0 Å². The van der Waals surface area contributed by atoms with Gasteiger partial charge in [-0.1, -0.05) is 72.7 Å². The highest BCUT2D eigenvalue weighted by Gasteiger charge is 2.49. The summed E-state index contributed by atoms with van der Waals surface area (Å²) in [7, 11) is 0. The van der Waals surface area contributed by atoms with Gasteiger partial charge < -0.3 is 10.2 Å². The molecule has 0 bridgehead atoms. The molecular formula is C24H37N3O3. The highest BCUT2D eigenvalue weighted by molar-refractivity contribution is 6.09. The Bertz CT molecular complexity index is 783. The summed E-state index contributed by atoms with van der Waals surface area (Å²) in [4.78, 5) is 41.5. The van der Waals surface area contributed by atoms with Crippen molar-refractivity contribution in [3.8, 4) is 0 Å². The maximum atomic E-state index is 13.2. The van der Waals surface area contributed by atoms with Crippen LogP contribution in [0, 0.1) is 11.8 Å². The van der Waals surface area contributed by atoms with Crippen LogP contribution in [0.4, 0.5) is 4.79 Å². The van der Waals surface area contributed by atoms with Gasteiger partial charge in [0.25, 0.3) is 5.91 Å². The highest BCUT2D eigenvalue weighted by atomic mass is 16.2. The lowest BCUT2D eigenvalue weighted by molar-refractivity contribution is -0.139. The molecule has 0 saturated carbocycles. The van der Waals surface area contributed by atoms with Crippen LogP contribution >= 0.6 is 0 Å². The zero-order valence-electron chi connectivity index (χ0n) is 19.7.